The molecule has 32 heavy (non-hydrogen) atoms. The number of aliphatic hydroxyl groups excluding tert-OH is 1. The minimum atomic E-state index is -1.79. The molecule has 0 saturated carbocycles. The highest BCUT2D eigenvalue weighted by Gasteiger charge is 2.31. The molecule has 0 aromatic heterocycles. The summed E-state index contributed by atoms with van der Waals surface area (Å²) in [6, 6.07) is -6.69. The first-order valence-corrected chi connectivity index (χ1v) is 9.00. The van der Waals surface area contributed by atoms with Gasteiger partial charge in [0.25, 0.3) is 0 Å². The first-order chi connectivity index (χ1) is 14.8. The number of carbonyl (C=O) groups excluding carboxylic acids is 4. The van der Waals surface area contributed by atoms with E-state index in [1.807, 2.05) is 16.0 Å². The molecular weight excluding hydrogens is 438 g/mol. The molecule has 0 fully saturated rings. The van der Waals surface area contributed by atoms with E-state index in [0.717, 1.165) is 0 Å². The Hall–Kier alpha value is -3.79. The smallest absolute Gasteiger partial charge is 0.328 e. The Morgan fingerprint density at radius 3 is 1.66 bits per heavy atom. The van der Waals surface area contributed by atoms with E-state index in [0.29, 0.717) is 0 Å². The van der Waals surface area contributed by atoms with Gasteiger partial charge in [0.15, 0.2) is 0 Å². The van der Waals surface area contributed by atoms with Crippen LogP contribution in [0.2, 0.25) is 0 Å². The lowest BCUT2D eigenvalue weighted by molar-refractivity contribution is -0.144. The summed E-state index contributed by atoms with van der Waals surface area (Å²) in [5.41, 5.74) is 10.3. The van der Waals surface area contributed by atoms with Crippen molar-refractivity contribution in [2.45, 2.75) is 49.9 Å². The third-order valence-corrected chi connectivity index (χ3v) is 3.85. The molecule has 0 aliphatic carbocycles. The molecular formula is C16H25N5O11. The van der Waals surface area contributed by atoms with Crippen molar-refractivity contribution < 1.29 is 54.0 Å². The molecule has 0 rings (SSSR count). The Labute approximate surface area is 180 Å². The van der Waals surface area contributed by atoms with Crippen molar-refractivity contribution in [3.8, 4) is 0 Å². The van der Waals surface area contributed by atoms with Gasteiger partial charge in [0, 0.05) is 6.42 Å². The number of hydrogen-bond acceptors (Lipinski definition) is 9. The van der Waals surface area contributed by atoms with Crippen molar-refractivity contribution in [1.29, 1.82) is 0 Å². The van der Waals surface area contributed by atoms with Crippen molar-refractivity contribution in [1.82, 2.24) is 16.0 Å². The zero-order chi connectivity index (χ0) is 25.0. The molecule has 0 saturated heterocycles. The predicted molar refractivity (Wildman–Crippen MR) is 101 cm³/mol. The molecule has 11 N–H and O–H groups in total. The number of carbonyl (C=O) groups is 7. The molecule has 180 valence electrons. The third-order valence-electron chi connectivity index (χ3n) is 3.85. The van der Waals surface area contributed by atoms with E-state index in [1.54, 1.807) is 0 Å². The summed E-state index contributed by atoms with van der Waals surface area (Å²) in [5, 5.41) is 41.6. The molecule has 4 unspecified atom stereocenters. The van der Waals surface area contributed by atoms with Gasteiger partial charge in [-0.05, 0) is 6.42 Å². The normalized spacial score (nSPS) is 14.2. The van der Waals surface area contributed by atoms with Crippen LogP contribution in [0.1, 0.15) is 25.7 Å². The number of carboxylic acids is 3. The van der Waals surface area contributed by atoms with Gasteiger partial charge in [0.1, 0.15) is 18.1 Å². The summed E-state index contributed by atoms with van der Waals surface area (Å²) in [6.45, 7) is -1.00. The highest BCUT2D eigenvalue weighted by molar-refractivity contribution is 5.96. The molecule has 0 bridgehead atoms. The maximum Gasteiger partial charge on any atom is 0.328 e. The van der Waals surface area contributed by atoms with Gasteiger partial charge in [0.05, 0.1) is 25.5 Å². The van der Waals surface area contributed by atoms with Crippen LogP contribution in [0, 0.1) is 0 Å². The van der Waals surface area contributed by atoms with Gasteiger partial charge in [-0.25, -0.2) is 4.79 Å². The fraction of sp³-hybridized carbons (Fsp3) is 0.562. The van der Waals surface area contributed by atoms with E-state index in [4.69, 9.17) is 31.9 Å². The zero-order valence-corrected chi connectivity index (χ0v) is 16.6. The Morgan fingerprint density at radius 2 is 1.22 bits per heavy atom. The number of carboxylic acid groups (broad SMARTS) is 3. The standard InChI is InChI=1S/C16H25N5O11/c17-6(3-10(18)23)13(28)20-8(4-12(26)27)15(30)19-7(1-2-11(24)25)14(29)21-9(5-22)16(31)32/h6-9,22H,1-5,17H2,(H2,18,23)(H,19,30)(H,20,28)(H,21,29)(H,24,25)(H,26,27)(H,31,32). The molecule has 0 aliphatic heterocycles. The summed E-state index contributed by atoms with van der Waals surface area (Å²) >= 11 is 0. The van der Waals surface area contributed by atoms with Crippen LogP contribution in [-0.2, 0) is 33.6 Å². The van der Waals surface area contributed by atoms with Crippen LogP contribution in [0.4, 0.5) is 0 Å². The molecule has 4 amide bonds. The first-order valence-electron chi connectivity index (χ1n) is 9.00. The molecule has 0 aromatic carbocycles. The molecule has 0 spiro atoms. The average Bonchev–Trinajstić information content (AvgIpc) is 2.66. The minimum Gasteiger partial charge on any atom is -0.481 e. The van der Waals surface area contributed by atoms with Crippen LogP contribution in [0.25, 0.3) is 0 Å². The summed E-state index contributed by atoms with van der Waals surface area (Å²) in [6.07, 6.45) is -2.74. The van der Waals surface area contributed by atoms with Gasteiger partial charge in [-0.1, -0.05) is 0 Å². The predicted octanol–water partition coefficient (Wildman–Crippen LogP) is -4.94. The van der Waals surface area contributed by atoms with E-state index in [2.05, 4.69) is 0 Å². The Balaban J connectivity index is 5.51. The molecule has 0 heterocycles. The second-order valence-electron chi connectivity index (χ2n) is 6.51. The van der Waals surface area contributed by atoms with Crippen molar-refractivity contribution in [2.75, 3.05) is 6.61 Å². The number of amides is 4. The SMILES string of the molecule is NC(=O)CC(N)C(=O)NC(CC(=O)O)C(=O)NC(CCC(=O)O)C(=O)NC(CO)C(=O)O. The van der Waals surface area contributed by atoms with E-state index >= 15 is 0 Å². The number of nitrogens with one attached hydrogen (secondary N) is 3. The van der Waals surface area contributed by atoms with Crippen molar-refractivity contribution in [2.24, 2.45) is 11.5 Å². The van der Waals surface area contributed by atoms with Crippen LogP contribution in [0.3, 0.4) is 0 Å². The summed E-state index contributed by atoms with van der Waals surface area (Å²) in [4.78, 5) is 80.5. The first kappa shape index (κ1) is 28.2. The van der Waals surface area contributed by atoms with Crippen LogP contribution >= 0.6 is 0 Å². The fourth-order valence-electron chi connectivity index (χ4n) is 2.24. The highest BCUT2D eigenvalue weighted by Crippen LogP contribution is 2.03. The number of primary amides is 1. The minimum absolute atomic E-state index is 0.528. The van der Waals surface area contributed by atoms with Gasteiger partial charge in [-0.3, -0.25) is 28.8 Å². The summed E-state index contributed by atoms with van der Waals surface area (Å²) in [7, 11) is 0. The molecule has 0 radical (unpaired) electrons. The third kappa shape index (κ3) is 10.8. The lowest BCUT2D eigenvalue weighted by Gasteiger charge is -2.24. The molecule has 16 heteroatoms. The van der Waals surface area contributed by atoms with E-state index in [9.17, 15) is 33.6 Å². The highest BCUT2D eigenvalue weighted by atomic mass is 16.4. The molecule has 16 nitrogen and oxygen atoms in total. The van der Waals surface area contributed by atoms with Crippen molar-refractivity contribution >= 4 is 41.5 Å². The van der Waals surface area contributed by atoms with Crippen molar-refractivity contribution in [3.05, 3.63) is 0 Å². The van der Waals surface area contributed by atoms with E-state index < -0.39 is 98.0 Å². The topological polar surface area (TPSA) is 289 Å². The molecule has 0 aliphatic rings. The zero-order valence-electron chi connectivity index (χ0n) is 16.6. The Kier molecular flexibility index (Phi) is 11.9. The number of aliphatic hydroxyl groups is 1. The van der Waals surface area contributed by atoms with Crippen LogP contribution < -0.4 is 27.4 Å². The van der Waals surface area contributed by atoms with Crippen LogP contribution in [0.5, 0.6) is 0 Å². The number of rotatable bonds is 15. The van der Waals surface area contributed by atoms with Gasteiger partial charge >= 0.3 is 17.9 Å². The lowest BCUT2D eigenvalue weighted by atomic mass is 10.1. The maximum absolute atomic E-state index is 12.5. The quantitative estimate of drug-likeness (QED) is 0.110. The van der Waals surface area contributed by atoms with Gasteiger partial charge in [-0.2, -0.15) is 0 Å². The van der Waals surface area contributed by atoms with Crippen LogP contribution in [-0.4, -0.2) is 92.7 Å². The lowest BCUT2D eigenvalue weighted by Crippen LogP contribution is -2.58. The summed E-state index contributed by atoms with van der Waals surface area (Å²) < 4.78 is 0. The van der Waals surface area contributed by atoms with Gasteiger partial charge in [0.2, 0.25) is 23.6 Å². The Morgan fingerprint density at radius 1 is 0.719 bits per heavy atom. The number of aliphatic carboxylic acids is 3. The van der Waals surface area contributed by atoms with Gasteiger partial charge < -0.3 is 47.8 Å². The van der Waals surface area contributed by atoms with E-state index in [1.165, 1.54) is 0 Å². The van der Waals surface area contributed by atoms with Gasteiger partial charge in [-0.15, -0.1) is 0 Å². The van der Waals surface area contributed by atoms with Crippen molar-refractivity contribution in [3.63, 3.8) is 0 Å². The largest absolute Gasteiger partial charge is 0.481 e. The average molecular weight is 463 g/mol. The summed E-state index contributed by atoms with van der Waals surface area (Å²) in [5.74, 6) is -8.94. The second kappa shape index (κ2) is 13.5. The van der Waals surface area contributed by atoms with Crippen LogP contribution in [0.15, 0.2) is 0 Å². The number of hydrogen-bond donors (Lipinski definition) is 9. The monoisotopic (exact) mass is 463 g/mol. The fourth-order valence-corrected chi connectivity index (χ4v) is 2.24. The molecule has 0 aromatic rings. The number of nitrogens with two attached hydrogens (primary N) is 2. The Bertz CT molecular complexity index is 757. The second-order valence-corrected chi connectivity index (χ2v) is 6.51. The molecule has 4 atom stereocenters. The maximum atomic E-state index is 12.5. The van der Waals surface area contributed by atoms with E-state index in [-0.39, 0.29) is 0 Å².